The van der Waals surface area contributed by atoms with Gasteiger partial charge < -0.3 is 10.1 Å². The number of amides is 1. The van der Waals surface area contributed by atoms with Gasteiger partial charge in [0, 0.05) is 6.04 Å². The summed E-state index contributed by atoms with van der Waals surface area (Å²) >= 11 is 0. The first kappa shape index (κ1) is 9.36. The molecule has 1 fully saturated rings. The van der Waals surface area contributed by atoms with Crippen LogP contribution in [0.5, 0.6) is 0 Å². The molecule has 0 aromatic carbocycles. The smallest absolute Gasteiger partial charge is 0.407 e. The molecule has 0 aromatic rings. The molecule has 0 saturated heterocycles. The number of carbonyl (C=O) groups is 1. The minimum Gasteiger partial charge on any atom is -0.450 e. The Hall–Kier alpha value is -0.730. The number of rotatable bonds is 3. The number of carbonyl (C=O) groups excluding carboxylic acids is 1. The highest BCUT2D eigenvalue weighted by Gasteiger charge is 2.25. The summed E-state index contributed by atoms with van der Waals surface area (Å²) in [6.45, 7) is 4.30. The van der Waals surface area contributed by atoms with Crippen molar-refractivity contribution >= 4 is 6.09 Å². The van der Waals surface area contributed by atoms with Crippen molar-refractivity contribution in [1.82, 2.24) is 5.32 Å². The largest absolute Gasteiger partial charge is 0.450 e. The number of nitrogens with one attached hydrogen (secondary N) is 1. The van der Waals surface area contributed by atoms with E-state index in [0.29, 0.717) is 12.5 Å². The maximum atomic E-state index is 11.0. The van der Waals surface area contributed by atoms with Gasteiger partial charge in [0.15, 0.2) is 0 Å². The molecule has 3 nitrogen and oxygen atoms in total. The maximum Gasteiger partial charge on any atom is 0.407 e. The fraction of sp³-hybridized carbons (Fsp3) is 0.889. The van der Waals surface area contributed by atoms with Gasteiger partial charge in [-0.2, -0.15) is 0 Å². The third-order valence-electron chi connectivity index (χ3n) is 2.48. The summed E-state index contributed by atoms with van der Waals surface area (Å²) in [5.74, 6) is 0.675. The van der Waals surface area contributed by atoms with Crippen LogP contribution >= 0.6 is 0 Å². The zero-order valence-electron chi connectivity index (χ0n) is 7.80. The number of ether oxygens (including phenoxy) is 1. The Bertz CT molecular complexity index is 155. The average Bonchev–Trinajstić information content (AvgIpc) is 1.82. The van der Waals surface area contributed by atoms with E-state index in [4.69, 9.17) is 4.74 Å². The van der Waals surface area contributed by atoms with Gasteiger partial charge in [0.2, 0.25) is 0 Å². The summed E-state index contributed by atoms with van der Waals surface area (Å²) in [7, 11) is 0. The molecule has 1 amide bonds. The van der Waals surface area contributed by atoms with Crippen LogP contribution in [0.2, 0.25) is 0 Å². The predicted molar refractivity (Wildman–Crippen MR) is 47.0 cm³/mol. The molecular formula is C9H17NO2. The van der Waals surface area contributed by atoms with Gasteiger partial charge >= 0.3 is 6.09 Å². The lowest BCUT2D eigenvalue weighted by molar-refractivity contribution is 0.138. The molecule has 3 heteroatoms. The van der Waals surface area contributed by atoms with Crippen LogP contribution in [-0.2, 0) is 4.74 Å². The van der Waals surface area contributed by atoms with Crippen LogP contribution in [0.15, 0.2) is 0 Å². The highest BCUT2D eigenvalue weighted by molar-refractivity contribution is 5.67. The average molecular weight is 171 g/mol. The van der Waals surface area contributed by atoms with Crippen molar-refractivity contribution in [2.45, 2.75) is 39.2 Å². The first-order valence-corrected chi connectivity index (χ1v) is 4.67. The molecule has 1 unspecified atom stereocenters. The van der Waals surface area contributed by atoms with Crippen molar-refractivity contribution in [2.75, 3.05) is 6.61 Å². The van der Waals surface area contributed by atoms with Crippen molar-refractivity contribution in [2.24, 2.45) is 5.92 Å². The molecule has 1 atom stereocenters. The highest BCUT2D eigenvalue weighted by Crippen LogP contribution is 2.29. The van der Waals surface area contributed by atoms with E-state index in [1.165, 1.54) is 19.3 Å². The van der Waals surface area contributed by atoms with Crippen LogP contribution in [0, 0.1) is 5.92 Å². The minimum atomic E-state index is -0.281. The van der Waals surface area contributed by atoms with Gasteiger partial charge in [0.1, 0.15) is 0 Å². The monoisotopic (exact) mass is 171 g/mol. The molecule has 0 aliphatic heterocycles. The zero-order valence-corrected chi connectivity index (χ0v) is 7.80. The van der Waals surface area contributed by atoms with Gasteiger partial charge in [-0.3, -0.25) is 0 Å². The molecule has 0 aromatic heterocycles. The minimum absolute atomic E-state index is 0.276. The van der Waals surface area contributed by atoms with Crippen molar-refractivity contribution in [1.29, 1.82) is 0 Å². The lowest BCUT2D eigenvalue weighted by Crippen LogP contribution is -2.40. The van der Waals surface area contributed by atoms with Gasteiger partial charge in [-0.25, -0.2) is 4.79 Å². The Balaban J connectivity index is 2.15. The van der Waals surface area contributed by atoms with Crippen LogP contribution in [0.1, 0.15) is 33.1 Å². The lowest BCUT2D eigenvalue weighted by atomic mass is 9.80. The van der Waals surface area contributed by atoms with E-state index in [1.54, 1.807) is 0 Å². The molecule has 1 aliphatic rings. The molecule has 1 N–H and O–H groups in total. The van der Waals surface area contributed by atoms with Crippen molar-refractivity contribution in [3.8, 4) is 0 Å². The van der Waals surface area contributed by atoms with E-state index in [2.05, 4.69) is 5.32 Å². The van der Waals surface area contributed by atoms with E-state index >= 15 is 0 Å². The van der Waals surface area contributed by atoms with Crippen LogP contribution in [0.3, 0.4) is 0 Å². The SMILES string of the molecule is CCOC(=O)NC(C)C1CCC1. The van der Waals surface area contributed by atoms with Gasteiger partial charge in [0.25, 0.3) is 0 Å². The number of alkyl carbamates (subject to hydrolysis) is 1. The third kappa shape index (κ3) is 2.40. The fourth-order valence-electron chi connectivity index (χ4n) is 1.42. The summed E-state index contributed by atoms with van der Waals surface area (Å²) in [6.07, 6.45) is 3.51. The first-order chi connectivity index (χ1) is 5.74. The maximum absolute atomic E-state index is 11.0. The number of hydrogen-bond donors (Lipinski definition) is 1. The van der Waals surface area contributed by atoms with Crippen molar-refractivity contribution in [3.63, 3.8) is 0 Å². The molecule has 12 heavy (non-hydrogen) atoms. The Morgan fingerprint density at radius 2 is 2.33 bits per heavy atom. The van der Waals surface area contributed by atoms with Gasteiger partial charge in [0.05, 0.1) is 6.61 Å². The molecule has 0 bridgehead atoms. The summed E-state index contributed by atoms with van der Waals surface area (Å²) in [5.41, 5.74) is 0. The van der Waals surface area contributed by atoms with Crippen LogP contribution < -0.4 is 5.32 Å². The second kappa shape index (κ2) is 4.33. The molecule has 0 spiro atoms. The van der Waals surface area contributed by atoms with Gasteiger partial charge in [-0.05, 0) is 32.6 Å². The molecule has 0 heterocycles. The van der Waals surface area contributed by atoms with E-state index in [1.807, 2.05) is 13.8 Å². The second-order valence-electron chi connectivity index (χ2n) is 3.34. The summed E-state index contributed by atoms with van der Waals surface area (Å²) in [5, 5.41) is 2.82. The lowest BCUT2D eigenvalue weighted by Gasteiger charge is -2.31. The summed E-state index contributed by atoms with van der Waals surface area (Å²) in [4.78, 5) is 11.0. The molecule has 1 saturated carbocycles. The van der Waals surface area contributed by atoms with Gasteiger partial charge in [-0.1, -0.05) is 6.42 Å². The predicted octanol–water partition coefficient (Wildman–Crippen LogP) is 1.92. The van der Waals surface area contributed by atoms with E-state index in [0.717, 1.165) is 0 Å². The third-order valence-corrected chi connectivity index (χ3v) is 2.48. The van der Waals surface area contributed by atoms with Crippen LogP contribution in [0.4, 0.5) is 4.79 Å². The number of hydrogen-bond acceptors (Lipinski definition) is 2. The molecule has 70 valence electrons. The molecular weight excluding hydrogens is 154 g/mol. The topological polar surface area (TPSA) is 38.3 Å². The first-order valence-electron chi connectivity index (χ1n) is 4.67. The van der Waals surface area contributed by atoms with Crippen molar-refractivity contribution < 1.29 is 9.53 Å². The van der Waals surface area contributed by atoms with E-state index in [-0.39, 0.29) is 12.1 Å². The summed E-state index contributed by atoms with van der Waals surface area (Å²) in [6, 6.07) is 0.276. The Labute approximate surface area is 73.5 Å². The highest BCUT2D eigenvalue weighted by atomic mass is 16.5. The standard InChI is InChI=1S/C9H17NO2/c1-3-12-9(11)10-7(2)8-5-4-6-8/h7-8H,3-6H2,1-2H3,(H,10,11). The Morgan fingerprint density at radius 3 is 2.75 bits per heavy atom. The normalized spacial score (nSPS) is 19.5. The van der Waals surface area contributed by atoms with Gasteiger partial charge in [-0.15, -0.1) is 0 Å². The second-order valence-corrected chi connectivity index (χ2v) is 3.34. The van der Waals surface area contributed by atoms with Crippen LogP contribution in [0.25, 0.3) is 0 Å². The Morgan fingerprint density at radius 1 is 1.67 bits per heavy atom. The molecule has 1 aliphatic carbocycles. The Kier molecular flexibility index (Phi) is 3.38. The molecule has 0 radical (unpaired) electrons. The van der Waals surface area contributed by atoms with Crippen molar-refractivity contribution in [3.05, 3.63) is 0 Å². The van der Waals surface area contributed by atoms with Crippen LogP contribution in [-0.4, -0.2) is 18.7 Å². The zero-order chi connectivity index (χ0) is 8.97. The fourth-order valence-corrected chi connectivity index (χ4v) is 1.42. The van der Waals surface area contributed by atoms with E-state index in [9.17, 15) is 4.79 Å². The summed E-state index contributed by atoms with van der Waals surface area (Å²) < 4.78 is 4.78. The quantitative estimate of drug-likeness (QED) is 0.704. The molecule has 1 rings (SSSR count). The van der Waals surface area contributed by atoms with E-state index < -0.39 is 0 Å².